The fourth-order valence-corrected chi connectivity index (χ4v) is 0.944. The number of hydrogen-bond acceptors (Lipinski definition) is 3. The Kier molecular flexibility index (Phi) is 3.58. The van der Waals surface area contributed by atoms with E-state index >= 15 is 0 Å². The Labute approximate surface area is 77.9 Å². The van der Waals surface area contributed by atoms with Crippen LogP contribution in [0.5, 0.6) is 11.5 Å². The third-order valence-electron chi connectivity index (χ3n) is 1.64. The number of aliphatic hydroxyl groups excluding tert-OH is 1. The van der Waals surface area contributed by atoms with E-state index in [4.69, 9.17) is 14.6 Å². The molecule has 13 heavy (non-hydrogen) atoms. The van der Waals surface area contributed by atoms with Crippen LogP contribution in [0.4, 0.5) is 0 Å². The molecule has 0 aliphatic rings. The molecule has 0 radical (unpaired) electrons. The summed E-state index contributed by atoms with van der Waals surface area (Å²) in [6, 6.07) is 7.30. The predicted molar refractivity (Wildman–Crippen MR) is 50.2 cm³/mol. The molecule has 1 aromatic rings. The maximum absolute atomic E-state index is 8.77. The smallest absolute Gasteiger partial charge is 0.123 e. The molecule has 0 aromatic heterocycles. The number of hydrogen-bond donors (Lipinski definition) is 1. The van der Waals surface area contributed by atoms with Crippen molar-refractivity contribution >= 4 is 0 Å². The fourth-order valence-electron chi connectivity index (χ4n) is 0.944. The lowest BCUT2D eigenvalue weighted by Gasteiger charge is -2.12. The molecule has 0 saturated heterocycles. The minimum absolute atomic E-state index is 0.0111. The molecule has 0 aliphatic heterocycles. The van der Waals surface area contributed by atoms with Gasteiger partial charge in [-0.1, -0.05) is 6.07 Å². The first-order chi connectivity index (χ1) is 6.26. The molecule has 0 fully saturated rings. The average Bonchev–Trinajstić information content (AvgIpc) is 2.18. The number of aliphatic hydroxyl groups is 1. The maximum atomic E-state index is 8.77. The highest BCUT2D eigenvalue weighted by Gasteiger charge is 2.02. The zero-order valence-electron chi connectivity index (χ0n) is 7.86. The summed E-state index contributed by atoms with van der Waals surface area (Å²) in [4.78, 5) is 0. The Morgan fingerprint density at radius 2 is 2.08 bits per heavy atom. The minimum atomic E-state index is -0.188. The van der Waals surface area contributed by atoms with Crippen LogP contribution in [0, 0.1) is 0 Å². The van der Waals surface area contributed by atoms with Crippen LogP contribution in [0.1, 0.15) is 6.92 Å². The Morgan fingerprint density at radius 1 is 1.38 bits per heavy atom. The maximum Gasteiger partial charge on any atom is 0.123 e. The summed E-state index contributed by atoms with van der Waals surface area (Å²) in [7, 11) is 1.61. The molecule has 0 spiro atoms. The van der Waals surface area contributed by atoms with Crippen molar-refractivity contribution in [2.45, 2.75) is 13.0 Å². The molecule has 0 heterocycles. The highest BCUT2D eigenvalue weighted by molar-refractivity contribution is 5.32. The molecule has 3 heteroatoms. The lowest BCUT2D eigenvalue weighted by Crippen LogP contribution is -2.16. The van der Waals surface area contributed by atoms with Crippen molar-refractivity contribution in [1.82, 2.24) is 0 Å². The third-order valence-corrected chi connectivity index (χ3v) is 1.64. The number of methoxy groups -OCH3 is 1. The second-order valence-electron chi connectivity index (χ2n) is 2.79. The summed E-state index contributed by atoms with van der Waals surface area (Å²) in [5.41, 5.74) is 0. The monoisotopic (exact) mass is 182 g/mol. The molecule has 1 N–H and O–H groups in total. The second kappa shape index (κ2) is 4.72. The Bertz CT molecular complexity index is 260. The van der Waals surface area contributed by atoms with Gasteiger partial charge in [0.2, 0.25) is 0 Å². The van der Waals surface area contributed by atoms with Gasteiger partial charge in [-0.15, -0.1) is 0 Å². The number of ether oxygens (including phenoxy) is 2. The van der Waals surface area contributed by atoms with Crippen molar-refractivity contribution in [3.63, 3.8) is 0 Å². The standard InChI is InChI=1S/C10H14O3/c1-8(7-11)13-10-5-3-4-9(6-10)12-2/h3-6,8,11H,7H2,1-2H3. The normalized spacial score (nSPS) is 12.2. The van der Waals surface area contributed by atoms with Crippen molar-refractivity contribution in [3.8, 4) is 11.5 Å². The van der Waals surface area contributed by atoms with Crippen molar-refractivity contribution in [2.24, 2.45) is 0 Å². The highest BCUT2D eigenvalue weighted by Crippen LogP contribution is 2.19. The summed E-state index contributed by atoms with van der Waals surface area (Å²) < 4.78 is 10.4. The van der Waals surface area contributed by atoms with E-state index in [0.717, 1.165) is 5.75 Å². The van der Waals surface area contributed by atoms with Gasteiger partial charge in [-0.25, -0.2) is 0 Å². The second-order valence-corrected chi connectivity index (χ2v) is 2.79. The molecule has 1 unspecified atom stereocenters. The van der Waals surface area contributed by atoms with Crippen molar-refractivity contribution in [2.75, 3.05) is 13.7 Å². The van der Waals surface area contributed by atoms with Gasteiger partial charge in [-0.2, -0.15) is 0 Å². The van der Waals surface area contributed by atoms with Crippen LogP contribution < -0.4 is 9.47 Å². The average molecular weight is 182 g/mol. The zero-order valence-corrected chi connectivity index (χ0v) is 7.86. The summed E-state index contributed by atoms with van der Waals surface area (Å²) >= 11 is 0. The summed E-state index contributed by atoms with van der Waals surface area (Å²) in [6.07, 6.45) is -0.188. The van der Waals surface area contributed by atoms with E-state index in [2.05, 4.69) is 0 Å². The van der Waals surface area contributed by atoms with Gasteiger partial charge in [-0.3, -0.25) is 0 Å². The Morgan fingerprint density at radius 3 is 2.69 bits per heavy atom. The predicted octanol–water partition coefficient (Wildman–Crippen LogP) is 1.45. The third kappa shape index (κ3) is 2.95. The van der Waals surface area contributed by atoms with Crippen LogP contribution in [0.25, 0.3) is 0 Å². The molecular formula is C10H14O3. The van der Waals surface area contributed by atoms with E-state index in [9.17, 15) is 0 Å². The van der Waals surface area contributed by atoms with Gasteiger partial charge >= 0.3 is 0 Å². The highest BCUT2D eigenvalue weighted by atomic mass is 16.5. The van der Waals surface area contributed by atoms with Gasteiger partial charge in [0.25, 0.3) is 0 Å². The summed E-state index contributed by atoms with van der Waals surface area (Å²) in [5.74, 6) is 1.46. The van der Waals surface area contributed by atoms with Crippen molar-refractivity contribution < 1.29 is 14.6 Å². The van der Waals surface area contributed by atoms with Gasteiger partial charge in [0.15, 0.2) is 0 Å². The van der Waals surface area contributed by atoms with Gasteiger partial charge in [0.1, 0.15) is 17.6 Å². The van der Waals surface area contributed by atoms with Crippen LogP contribution in [0.3, 0.4) is 0 Å². The van der Waals surface area contributed by atoms with Crippen LogP contribution in [-0.2, 0) is 0 Å². The first kappa shape index (κ1) is 9.86. The molecule has 1 rings (SSSR count). The Balaban J connectivity index is 2.66. The zero-order chi connectivity index (χ0) is 9.68. The molecule has 0 bridgehead atoms. The van der Waals surface area contributed by atoms with Crippen molar-refractivity contribution in [1.29, 1.82) is 0 Å². The molecule has 0 saturated carbocycles. The lowest BCUT2D eigenvalue weighted by atomic mass is 10.3. The fraction of sp³-hybridized carbons (Fsp3) is 0.400. The van der Waals surface area contributed by atoms with Gasteiger partial charge in [-0.05, 0) is 19.1 Å². The molecule has 0 aliphatic carbocycles. The largest absolute Gasteiger partial charge is 0.497 e. The molecular weight excluding hydrogens is 168 g/mol. The number of rotatable bonds is 4. The lowest BCUT2D eigenvalue weighted by molar-refractivity contribution is 0.129. The van der Waals surface area contributed by atoms with Gasteiger partial charge < -0.3 is 14.6 Å². The van der Waals surface area contributed by atoms with Crippen LogP contribution >= 0.6 is 0 Å². The minimum Gasteiger partial charge on any atom is -0.497 e. The first-order valence-electron chi connectivity index (χ1n) is 4.18. The van der Waals surface area contributed by atoms with Gasteiger partial charge in [0, 0.05) is 6.07 Å². The van der Waals surface area contributed by atoms with Crippen LogP contribution in [0.15, 0.2) is 24.3 Å². The van der Waals surface area contributed by atoms with E-state index in [1.807, 2.05) is 18.2 Å². The van der Waals surface area contributed by atoms with E-state index in [0.29, 0.717) is 5.75 Å². The molecule has 72 valence electrons. The molecule has 3 nitrogen and oxygen atoms in total. The van der Waals surface area contributed by atoms with Gasteiger partial charge in [0.05, 0.1) is 13.7 Å². The quantitative estimate of drug-likeness (QED) is 0.766. The molecule has 0 amide bonds. The first-order valence-corrected chi connectivity index (χ1v) is 4.18. The van der Waals surface area contributed by atoms with Crippen LogP contribution in [0.2, 0.25) is 0 Å². The summed E-state index contributed by atoms with van der Waals surface area (Å²) in [6.45, 7) is 1.82. The summed E-state index contributed by atoms with van der Waals surface area (Å²) in [5, 5.41) is 8.77. The molecule has 1 atom stereocenters. The van der Waals surface area contributed by atoms with Crippen LogP contribution in [-0.4, -0.2) is 24.9 Å². The topological polar surface area (TPSA) is 38.7 Å². The molecule has 1 aromatic carbocycles. The van der Waals surface area contributed by atoms with Crippen molar-refractivity contribution in [3.05, 3.63) is 24.3 Å². The number of benzene rings is 1. The Hall–Kier alpha value is -1.22. The van der Waals surface area contributed by atoms with E-state index in [1.54, 1.807) is 20.1 Å². The van der Waals surface area contributed by atoms with E-state index in [1.165, 1.54) is 0 Å². The SMILES string of the molecule is COc1cccc(OC(C)CO)c1. The van der Waals surface area contributed by atoms with E-state index in [-0.39, 0.29) is 12.7 Å². The van der Waals surface area contributed by atoms with E-state index < -0.39 is 0 Å².